The summed E-state index contributed by atoms with van der Waals surface area (Å²) >= 11 is 0. The molecule has 0 radical (unpaired) electrons. The largest absolute Gasteiger partial charge is 0.468 e. The van der Waals surface area contributed by atoms with E-state index >= 15 is 0 Å². The first-order valence-corrected chi connectivity index (χ1v) is 4.51. The number of nitrogens with zero attached hydrogens (tertiary/aromatic N) is 1. The summed E-state index contributed by atoms with van der Waals surface area (Å²) in [7, 11) is 0.727. The Hall–Kier alpha value is -1.72. The molecule has 9 heteroatoms. The second kappa shape index (κ2) is 3.90. The van der Waals surface area contributed by atoms with E-state index in [0.29, 0.717) is 0 Å². The average molecular weight is 271 g/mol. The minimum Gasteiger partial charge on any atom is -0.468 e. The van der Waals surface area contributed by atoms with E-state index in [4.69, 9.17) is 5.26 Å². The number of rotatable bonds is 3. The van der Waals surface area contributed by atoms with E-state index in [9.17, 15) is 31.5 Å². The number of nitriles is 1. The van der Waals surface area contributed by atoms with Crippen LogP contribution in [0.3, 0.4) is 0 Å². The Morgan fingerprint density at radius 3 is 2.06 bits per heavy atom. The zero-order valence-electron chi connectivity index (χ0n) is 8.85. The second-order valence-corrected chi connectivity index (χ2v) is 3.73. The van der Waals surface area contributed by atoms with Gasteiger partial charge in [0, 0.05) is 6.42 Å². The quantitative estimate of drug-likeness (QED) is 0.442. The van der Waals surface area contributed by atoms with Crippen LogP contribution in [0.5, 0.6) is 0 Å². The monoisotopic (exact) mass is 271 g/mol. The van der Waals surface area contributed by atoms with Gasteiger partial charge < -0.3 is 4.74 Å². The van der Waals surface area contributed by atoms with Crippen LogP contribution >= 0.6 is 0 Å². The first kappa shape index (κ1) is 14.3. The van der Waals surface area contributed by atoms with Gasteiger partial charge in [-0.2, -0.15) is 18.4 Å². The molecule has 0 heterocycles. The van der Waals surface area contributed by atoms with Gasteiger partial charge in [0.15, 0.2) is 11.2 Å². The lowest BCUT2D eigenvalue weighted by molar-refractivity contribution is -0.211. The van der Waals surface area contributed by atoms with E-state index in [2.05, 4.69) is 4.74 Å². The number of carbonyl (C=O) groups is 2. The summed E-state index contributed by atoms with van der Waals surface area (Å²) in [4.78, 5) is 22.3. The maximum absolute atomic E-state index is 12.9. The molecule has 1 saturated carbocycles. The number of esters is 1. The first-order valence-electron chi connectivity index (χ1n) is 4.51. The molecule has 1 rings (SSSR count). The fourth-order valence-electron chi connectivity index (χ4n) is 1.59. The van der Waals surface area contributed by atoms with E-state index in [1.54, 1.807) is 0 Å². The number of ketones is 1. The first-order chi connectivity index (χ1) is 8.05. The molecule has 2 unspecified atom stereocenters. The predicted molar refractivity (Wildman–Crippen MR) is 44.2 cm³/mol. The van der Waals surface area contributed by atoms with Gasteiger partial charge in [-0.05, 0) is 0 Å². The number of hydrogen-bond acceptors (Lipinski definition) is 4. The SMILES string of the molecule is COC(=O)C(C#N)C(=O)C1(C(F)(F)F)CC1(F)F. The summed E-state index contributed by atoms with van der Waals surface area (Å²) in [5.74, 6) is -10.6. The van der Waals surface area contributed by atoms with Crippen molar-refractivity contribution in [3.63, 3.8) is 0 Å². The molecule has 100 valence electrons. The normalized spacial score (nSPS) is 26.9. The Kier molecular flexibility index (Phi) is 3.10. The second-order valence-electron chi connectivity index (χ2n) is 3.73. The Morgan fingerprint density at radius 2 is 1.83 bits per heavy atom. The minimum atomic E-state index is -5.53. The standard InChI is InChI=1S/C9H6F5NO3/c1-18-6(17)4(2-15)5(16)7(9(12,13)14)3-8(7,10)11/h4H,3H2,1H3. The van der Waals surface area contributed by atoms with Gasteiger partial charge in [-0.3, -0.25) is 9.59 Å². The van der Waals surface area contributed by atoms with Gasteiger partial charge in [0.05, 0.1) is 13.2 Å². The van der Waals surface area contributed by atoms with Crippen molar-refractivity contribution in [3.05, 3.63) is 0 Å². The van der Waals surface area contributed by atoms with Crippen LogP contribution in [0.15, 0.2) is 0 Å². The van der Waals surface area contributed by atoms with Gasteiger partial charge in [-0.25, -0.2) is 8.78 Å². The highest BCUT2D eigenvalue weighted by molar-refractivity contribution is 6.07. The van der Waals surface area contributed by atoms with Crippen LogP contribution in [0.1, 0.15) is 6.42 Å². The molecule has 0 amide bonds. The Morgan fingerprint density at radius 1 is 1.39 bits per heavy atom. The van der Waals surface area contributed by atoms with E-state index < -0.39 is 41.6 Å². The number of halogens is 5. The van der Waals surface area contributed by atoms with Crippen LogP contribution < -0.4 is 0 Å². The smallest absolute Gasteiger partial charge is 0.407 e. The molecule has 0 aromatic rings. The Balaban J connectivity index is 3.17. The Bertz CT molecular complexity index is 438. The Labute approximate surface area is 97.3 Å². The summed E-state index contributed by atoms with van der Waals surface area (Å²) in [6.45, 7) is 0. The highest BCUT2D eigenvalue weighted by Gasteiger charge is 2.88. The third-order valence-electron chi connectivity index (χ3n) is 2.72. The summed E-state index contributed by atoms with van der Waals surface area (Å²) in [5.41, 5.74) is -3.95. The third-order valence-corrected chi connectivity index (χ3v) is 2.72. The minimum absolute atomic E-state index is 0.727. The molecule has 1 fully saturated rings. The van der Waals surface area contributed by atoms with Crippen LogP contribution in [0.25, 0.3) is 0 Å². The lowest BCUT2D eigenvalue weighted by atomic mass is 9.89. The fraction of sp³-hybridized carbons (Fsp3) is 0.667. The number of ether oxygens (including phenoxy) is 1. The topological polar surface area (TPSA) is 67.2 Å². The molecule has 0 N–H and O–H groups in total. The number of carbonyl (C=O) groups excluding carboxylic acids is 2. The van der Waals surface area contributed by atoms with Crippen LogP contribution in [0.4, 0.5) is 22.0 Å². The zero-order valence-corrected chi connectivity index (χ0v) is 8.85. The van der Waals surface area contributed by atoms with Crippen molar-refractivity contribution < 1.29 is 36.3 Å². The van der Waals surface area contributed by atoms with Gasteiger partial charge >= 0.3 is 12.1 Å². The molecule has 1 aliphatic carbocycles. The summed E-state index contributed by atoms with van der Waals surface area (Å²) < 4.78 is 67.3. The van der Waals surface area contributed by atoms with E-state index in [1.165, 1.54) is 0 Å². The molecule has 18 heavy (non-hydrogen) atoms. The average Bonchev–Trinajstić information content (AvgIpc) is 2.83. The van der Waals surface area contributed by atoms with Crippen LogP contribution in [-0.4, -0.2) is 31.0 Å². The van der Waals surface area contributed by atoms with Crippen LogP contribution in [0.2, 0.25) is 0 Å². The lowest BCUT2D eigenvalue weighted by Gasteiger charge is -2.20. The van der Waals surface area contributed by atoms with Crippen molar-refractivity contribution in [1.82, 2.24) is 0 Å². The van der Waals surface area contributed by atoms with Crippen molar-refractivity contribution in [2.24, 2.45) is 11.3 Å². The third kappa shape index (κ3) is 1.72. The molecule has 0 aliphatic heterocycles. The maximum Gasteiger partial charge on any atom is 0.407 e. The van der Waals surface area contributed by atoms with Gasteiger partial charge in [0.25, 0.3) is 5.92 Å². The molecule has 0 aromatic heterocycles. The molecule has 0 spiro atoms. The van der Waals surface area contributed by atoms with Gasteiger partial charge in [-0.15, -0.1) is 0 Å². The van der Waals surface area contributed by atoms with Crippen molar-refractivity contribution in [1.29, 1.82) is 5.26 Å². The highest BCUT2D eigenvalue weighted by atomic mass is 19.4. The predicted octanol–water partition coefficient (Wildman–Crippen LogP) is 1.46. The van der Waals surface area contributed by atoms with Crippen LogP contribution in [0, 0.1) is 22.7 Å². The van der Waals surface area contributed by atoms with Gasteiger partial charge in [-0.1, -0.05) is 0 Å². The maximum atomic E-state index is 12.9. The van der Waals surface area contributed by atoms with Crippen molar-refractivity contribution in [2.45, 2.75) is 18.5 Å². The number of methoxy groups -OCH3 is 1. The summed E-state index contributed by atoms with van der Waals surface area (Å²) in [6, 6.07) is 0.951. The van der Waals surface area contributed by atoms with E-state index in [1.807, 2.05) is 0 Å². The highest BCUT2D eigenvalue weighted by Crippen LogP contribution is 2.69. The van der Waals surface area contributed by atoms with Crippen molar-refractivity contribution in [3.8, 4) is 6.07 Å². The van der Waals surface area contributed by atoms with E-state index in [0.717, 1.165) is 13.2 Å². The van der Waals surface area contributed by atoms with Crippen molar-refractivity contribution >= 4 is 11.8 Å². The molecule has 0 aromatic carbocycles. The number of hydrogen-bond donors (Lipinski definition) is 0. The van der Waals surface area contributed by atoms with Crippen molar-refractivity contribution in [2.75, 3.05) is 7.11 Å². The summed E-state index contributed by atoms with van der Waals surface area (Å²) in [5, 5.41) is 8.44. The number of Topliss-reactive ketones (excluding diaryl/α,β-unsaturated/α-hetero) is 1. The summed E-state index contributed by atoms with van der Waals surface area (Å²) in [6.07, 6.45) is -7.28. The van der Waals surface area contributed by atoms with Gasteiger partial charge in [0.1, 0.15) is 0 Å². The molecule has 0 bridgehead atoms. The molecule has 2 atom stereocenters. The van der Waals surface area contributed by atoms with E-state index in [-0.39, 0.29) is 0 Å². The van der Waals surface area contributed by atoms with Gasteiger partial charge in [0.2, 0.25) is 5.92 Å². The zero-order chi connectivity index (χ0) is 14.4. The molecule has 1 aliphatic rings. The lowest BCUT2D eigenvalue weighted by Crippen LogP contribution is -2.43. The molecule has 0 saturated heterocycles. The fourth-order valence-corrected chi connectivity index (χ4v) is 1.59. The number of alkyl halides is 5. The molecular weight excluding hydrogens is 265 g/mol. The van der Waals surface area contributed by atoms with Crippen LogP contribution in [-0.2, 0) is 14.3 Å². The molecule has 4 nitrogen and oxygen atoms in total. The molecular formula is C9H6F5NO3.